The zero-order valence-corrected chi connectivity index (χ0v) is 14.1. The Labute approximate surface area is 131 Å². The largest absolute Gasteiger partial charge is 0.126 e. The lowest BCUT2D eigenvalue weighted by atomic mass is 10.2. The Kier molecular flexibility index (Phi) is 6.06. The normalized spacial score (nSPS) is 12.3. The first kappa shape index (κ1) is 15.5. The molecule has 0 spiro atoms. The van der Waals surface area contributed by atoms with E-state index in [9.17, 15) is 0 Å². The number of rotatable bonds is 6. The predicted molar refractivity (Wildman–Crippen MR) is 93.0 cm³/mol. The highest BCUT2D eigenvalue weighted by Crippen LogP contribution is 2.28. The Balaban J connectivity index is 1.73. The van der Waals surface area contributed by atoms with Gasteiger partial charge in [0, 0.05) is 15.0 Å². The van der Waals surface area contributed by atoms with E-state index in [1.54, 1.807) is 0 Å². The maximum Gasteiger partial charge on any atom is 0.00748 e. The molecule has 0 saturated carbocycles. The molecular weight excluding hydrogens is 280 g/mol. The molecule has 0 fully saturated rings. The Bertz CT molecular complexity index is 514. The summed E-state index contributed by atoms with van der Waals surface area (Å²) in [7, 11) is 0. The van der Waals surface area contributed by atoms with Crippen molar-refractivity contribution in [2.45, 2.75) is 42.2 Å². The molecule has 0 nitrogen and oxygen atoms in total. The van der Waals surface area contributed by atoms with Crippen LogP contribution in [0.5, 0.6) is 0 Å². The summed E-state index contributed by atoms with van der Waals surface area (Å²) in [4.78, 5) is 2.76. The van der Waals surface area contributed by atoms with E-state index in [1.807, 2.05) is 23.5 Å². The second-order valence-corrected chi connectivity index (χ2v) is 7.87. The topological polar surface area (TPSA) is 0 Å². The minimum atomic E-state index is 0.663. The fourth-order valence-electron chi connectivity index (χ4n) is 1.89. The van der Waals surface area contributed by atoms with Gasteiger partial charge in [-0.15, -0.1) is 23.5 Å². The lowest BCUT2D eigenvalue weighted by Crippen LogP contribution is -1.97. The number of benzene rings is 2. The van der Waals surface area contributed by atoms with Crippen molar-refractivity contribution in [3.8, 4) is 0 Å². The molecule has 2 heteroatoms. The predicted octanol–water partition coefficient (Wildman–Crippen LogP) is 5.97. The summed E-state index contributed by atoms with van der Waals surface area (Å²) in [6, 6.07) is 17.6. The third kappa shape index (κ3) is 5.26. The first-order valence-corrected chi connectivity index (χ1v) is 8.93. The summed E-state index contributed by atoms with van der Waals surface area (Å²) in [5.74, 6) is 1.18. The summed E-state index contributed by atoms with van der Waals surface area (Å²) in [6.07, 6.45) is 1.23. The van der Waals surface area contributed by atoms with Gasteiger partial charge in [0.2, 0.25) is 0 Å². The Morgan fingerprint density at radius 3 is 1.85 bits per heavy atom. The van der Waals surface area contributed by atoms with Gasteiger partial charge in [0.1, 0.15) is 0 Å². The average molecular weight is 303 g/mol. The molecule has 0 aliphatic heterocycles. The van der Waals surface area contributed by atoms with Crippen molar-refractivity contribution in [3.05, 3.63) is 59.7 Å². The van der Waals surface area contributed by atoms with E-state index in [0.29, 0.717) is 5.25 Å². The smallest absolute Gasteiger partial charge is 0.00748 e. The third-order valence-corrected chi connectivity index (χ3v) is 5.40. The maximum absolute atomic E-state index is 2.32. The molecule has 0 heterocycles. The van der Waals surface area contributed by atoms with Crippen molar-refractivity contribution >= 4 is 23.5 Å². The summed E-state index contributed by atoms with van der Waals surface area (Å²) in [5, 5.41) is 0.663. The quantitative estimate of drug-likeness (QED) is 0.603. The van der Waals surface area contributed by atoms with E-state index in [1.165, 1.54) is 33.1 Å². The van der Waals surface area contributed by atoms with Gasteiger partial charge in [-0.1, -0.05) is 42.3 Å². The second kappa shape index (κ2) is 7.80. The summed E-state index contributed by atoms with van der Waals surface area (Å²) in [6.45, 7) is 6.59. The summed E-state index contributed by atoms with van der Waals surface area (Å²) < 4.78 is 0. The molecule has 2 rings (SSSR count). The molecular formula is C18H22S2. The van der Waals surface area contributed by atoms with E-state index in [0.717, 1.165) is 0 Å². The zero-order valence-electron chi connectivity index (χ0n) is 12.4. The number of aryl methyl sites for hydroxylation is 2. The van der Waals surface area contributed by atoms with Gasteiger partial charge in [-0.25, -0.2) is 0 Å². The van der Waals surface area contributed by atoms with E-state index in [4.69, 9.17) is 0 Å². The molecule has 1 unspecified atom stereocenters. The van der Waals surface area contributed by atoms with E-state index >= 15 is 0 Å². The SMILES string of the molecule is Cc1ccc(SCCC(C)Sc2ccc(C)cc2)cc1. The van der Waals surface area contributed by atoms with Gasteiger partial charge in [0.05, 0.1) is 0 Å². The van der Waals surface area contributed by atoms with E-state index < -0.39 is 0 Å². The van der Waals surface area contributed by atoms with Crippen LogP contribution in [-0.2, 0) is 0 Å². The van der Waals surface area contributed by atoms with Crippen molar-refractivity contribution < 1.29 is 0 Å². The van der Waals surface area contributed by atoms with Crippen molar-refractivity contribution in [2.24, 2.45) is 0 Å². The average Bonchev–Trinajstić information content (AvgIpc) is 2.44. The molecule has 2 aromatic carbocycles. The molecule has 1 atom stereocenters. The molecule has 0 amide bonds. The van der Waals surface area contributed by atoms with Gasteiger partial charge in [-0.05, 0) is 50.3 Å². The highest BCUT2D eigenvalue weighted by atomic mass is 32.2. The van der Waals surface area contributed by atoms with Crippen LogP contribution in [0.1, 0.15) is 24.5 Å². The lowest BCUT2D eigenvalue weighted by molar-refractivity contribution is 0.916. The first-order valence-electron chi connectivity index (χ1n) is 7.06. The van der Waals surface area contributed by atoms with Gasteiger partial charge in [0.25, 0.3) is 0 Å². The standard InChI is InChI=1S/C18H22S2/c1-14-4-8-17(9-5-14)19-13-12-16(3)20-18-10-6-15(2)7-11-18/h4-11,16H,12-13H2,1-3H3. The molecule has 106 valence electrons. The van der Waals surface area contributed by atoms with Crippen molar-refractivity contribution in [3.63, 3.8) is 0 Å². The highest BCUT2D eigenvalue weighted by molar-refractivity contribution is 8.00. The van der Waals surface area contributed by atoms with E-state index in [2.05, 4.69) is 69.3 Å². The maximum atomic E-state index is 2.32. The van der Waals surface area contributed by atoms with Crippen molar-refractivity contribution in [1.82, 2.24) is 0 Å². The molecule has 0 saturated heterocycles. The second-order valence-electron chi connectivity index (χ2n) is 5.19. The number of hydrogen-bond acceptors (Lipinski definition) is 2. The molecule has 0 radical (unpaired) electrons. The van der Waals surface area contributed by atoms with Gasteiger partial charge < -0.3 is 0 Å². The lowest BCUT2D eigenvalue weighted by Gasteiger charge is -2.11. The zero-order chi connectivity index (χ0) is 14.4. The van der Waals surface area contributed by atoms with Crippen LogP contribution in [0, 0.1) is 13.8 Å². The van der Waals surface area contributed by atoms with Gasteiger partial charge in [-0.2, -0.15) is 0 Å². The molecule has 20 heavy (non-hydrogen) atoms. The first-order chi connectivity index (χ1) is 9.63. The molecule has 2 aromatic rings. The highest BCUT2D eigenvalue weighted by Gasteiger charge is 2.05. The van der Waals surface area contributed by atoms with E-state index in [-0.39, 0.29) is 0 Å². The van der Waals surface area contributed by atoms with Crippen LogP contribution in [0.25, 0.3) is 0 Å². The van der Waals surface area contributed by atoms with Gasteiger partial charge >= 0.3 is 0 Å². The number of thioether (sulfide) groups is 2. The minimum absolute atomic E-state index is 0.663. The minimum Gasteiger partial charge on any atom is -0.126 e. The monoisotopic (exact) mass is 302 g/mol. The molecule has 0 aliphatic rings. The van der Waals surface area contributed by atoms with Crippen LogP contribution >= 0.6 is 23.5 Å². The molecule has 0 aliphatic carbocycles. The van der Waals surface area contributed by atoms with Crippen molar-refractivity contribution in [2.75, 3.05) is 5.75 Å². The van der Waals surface area contributed by atoms with Crippen LogP contribution in [0.3, 0.4) is 0 Å². The van der Waals surface area contributed by atoms with Crippen LogP contribution in [0.2, 0.25) is 0 Å². The van der Waals surface area contributed by atoms with Gasteiger partial charge in [-0.3, -0.25) is 0 Å². The molecule has 0 aromatic heterocycles. The van der Waals surface area contributed by atoms with Crippen LogP contribution in [0.15, 0.2) is 58.3 Å². The Morgan fingerprint density at radius 1 is 0.800 bits per heavy atom. The van der Waals surface area contributed by atoms with Crippen molar-refractivity contribution in [1.29, 1.82) is 0 Å². The fourth-order valence-corrected chi connectivity index (χ4v) is 4.06. The molecule has 0 N–H and O–H groups in total. The van der Waals surface area contributed by atoms with Gasteiger partial charge in [0.15, 0.2) is 0 Å². The van der Waals surface area contributed by atoms with Crippen LogP contribution in [-0.4, -0.2) is 11.0 Å². The molecule has 0 bridgehead atoms. The van der Waals surface area contributed by atoms with Crippen LogP contribution < -0.4 is 0 Å². The summed E-state index contributed by atoms with van der Waals surface area (Å²) >= 11 is 3.93. The summed E-state index contributed by atoms with van der Waals surface area (Å²) in [5.41, 5.74) is 2.66. The third-order valence-electron chi connectivity index (χ3n) is 3.17. The fraction of sp³-hybridized carbons (Fsp3) is 0.333. The Morgan fingerprint density at radius 2 is 1.30 bits per heavy atom. The van der Waals surface area contributed by atoms with Crippen LogP contribution in [0.4, 0.5) is 0 Å². The number of hydrogen-bond donors (Lipinski definition) is 0. The Hall–Kier alpha value is -0.860.